The highest BCUT2D eigenvalue weighted by Crippen LogP contribution is 2.13. The van der Waals surface area contributed by atoms with Crippen molar-refractivity contribution in [2.75, 3.05) is 6.67 Å². The lowest BCUT2D eigenvalue weighted by Gasteiger charge is -2.28. The van der Waals surface area contributed by atoms with Gasteiger partial charge in [-0.25, -0.2) is 4.79 Å². The molecule has 11 nitrogen and oxygen atoms in total. The van der Waals surface area contributed by atoms with Crippen molar-refractivity contribution < 1.29 is 33.8 Å². The number of rotatable bonds is 14. The zero-order chi connectivity index (χ0) is 29.8. The second kappa shape index (κ2) is 15.7. The predicted molar refractivity (Wildman–Crippen MR) is 146 cm³/mol. The van der Waals surface area contributed by atoms with E-state index in [0.29, 0.717) is 18.4 Å². The molecule has 1 unspecified atom stereocenters. The molecule has 39 heavy (non-hydrogen) atoms. The van der Waals surface area contributed by atoms with Gasteiger partial charge in [-0.05, 0) is 51.0 Å². The van der Waals surface area contributed by atoms with Gasteiger partial charge in [0.25, 0.3) is 0 Å². The van der Waals surface area contributed by atoms with Crippen molar-refractivity contribution in [1.82, 2.24) is 21.3 Å². The Hall–Kier alpha value is -3.63. The molecule has 11 heteroatoms. The summed E-state index contributed by atoms with van der Waals surface area (Å²) >= 11 is 0. The van der Waals surface area contributed by atoms with Gasteiger partial charge in [-0.15, -0.1) is 0 Å². The first kappa shape index (κ1) is 33.4. The van der Waals surface area contributed by atoms with E-state index < -0.39 is 53.4 Å². The molecule has 0 aliphatic carbocycles. The minimum absolute atomic E-state index is 0.00361. The summed E-state index contributed by atoms with van der Waals surface area (Å²) in [5.74, 6) is -4.63. The van der Waals surface area contributed by atoms with Crippen LogP contribution in [0.15, 0.2) is 30.3 Å². The Morgan fingerprint density at radius 3 is 2.00 bits per heavy atom. The number of carboxylic acid groups (broad SMARTS) is 1. The highest BCUT2D eigenvalue weighted by molar-refractivity contribution is 5.97. The molecule has 0 heterocycles. The number of hydrogen-bond donors (Lipinski definition) is 5. The van der Waals surface area contributed by atoms with Crippen molar-refractivity contribution in [3.8, 4) is 0 Å². The molecular formula is C28H44N4O7. The van der Waals surface area contributed by atoms with Gasteiger partial charge in [-0.1, -0.05) is 64.4 Å². The van der Waals surface area contributed by atoms with Crippen LogP contribution >= 0.6 is 0 Å². The molecule has 0 spiro atoms. The Morgan fingerprint density at radius 2 is 1.49 bits per heavy atom. The van der Waals surface area contributed by atoms with Crippen LogP contribution < -0.4 is 21.3 Å². The third-order valence-electron chi connectivity index (χ3n) is 5.93. The molecule has 0 aliphatic rings. The van der Waals surface area contributed by atoms with Crippen LogP contribution in [-0.2, 0) is 30.3 Å². The molecule has 0 aliphatic heterocycles. The van der Waals surface area contributed by atoms with E-state index in [-0.39, 0.29) is 24.9 Å². The van der Waals surface area contributed by atoms with Crippen molar-refractivity contribution in [2.45, 2.75) is 85.4 Å². The number of carbonyl (C=O) groups excluding carboxylic acids is 4. The Kier molecular flexibility index (Phi) is 13.4. The summed E-state index contributed by atoms with van der Waals surface area (Å²) in [6, 6.07) is 6.89. The van der Waals surface area contributed by atoms with Gasteiger partial charge in [0.2, 0.25) is 17.7 Å². The molecule has 5 N–H and O–H groups in total. The van der Waals surface area contributed by atoms with E-state index in [0.717, 1.165) is 0 Å². The van der Waals surface area contributed by atoms with Crippen LogP contribution in [0, 0.1) is 17.8 Å². The first-order chi connectivity index (χ1) is 18.1. The molecular weight excluding hydrogens is 504 g/mol. The van der Waals surface area contributed by atoms with Crippen molar-refractivity contribution in [2.24, 2.45) is 17.8 Å². The monoisotopic (exact) mass is 548 g/mol. The van der Waals surface area contributed by atoms with E-state index in [9.17, 15) is 29.1 Å². The number of aliphatic carboxylic acids is 1. The number of amides is 4. The van der Waals surface area contributed by atoms with E-state index in [1.54, 1.807) is 51.1 Å². The van der Waals surface area contributed by atoms with Crippen molar-refractivity contribution in [3.05, 3.63) is 35.9 Å². The van der Waals surface area contributed by atoms with Gasteiger partial charge in [0, 0.05) is 0 Å². The second-order valence-electron chi connectivity index (χ2n) is 11.0. The molecule has 218 valence electrons. The van der Waals surface area contributed by atoms with Crippen LogP contribution in [0.3, 0.4) is 0 Å². The minimum Gasteiger partial charge on any atom is -0.481 e. The summed E-state index contributed by atoms with van der Waals surface area (Å²) in [6.45, 7) is 12.3. The lowest BCUT2D eigenvalue weighted by Crippen LogP contribution is -2.57. The SMILES string of the molecule is CC[C@H](C)[C@H](NC(=O)OC(C)(C)C)C(=O)N[C@@H](CC(C)C)C(=O)NCNC(=O)C(Cc1ccccc1)C(=O)O. The van der Waals surface area contributed by atoms with Gasteiger partial charge in [-0.3, -0.25) is 19.2 Å². The van der Waals surface area contributed by atoms with E-state index >= 15 is 0 Å². The van der Waals surface area contributed by atoms with E-state index in [1.165, 1.54) is 0 Å². The lowest BCUT2D eigenvalue weighted by atomic mass is 9.97. The van der Waals surface area contributed by atoms with Gasteiger partial charge in [0.05, 0.1) is 6.67 Å². The Bertz CT molecular complexity index is 976. The maximum absolute atomic E-state index is 13.2. The molecule has 4 atom stereocenters. The smallest absolute Gasteiger partial charge is 0.408 e. The van der Waals surface area contributed by atoms with E-state index in [1.807, 2.05) is 27.7 Å². The van der Waals surface area contributed by atoms with Crippen molar-refractivity contribution >= 4 is 29.8 Å². The number of ether oxygens (including phenoxy) is 1. The molecule has 0 fully saturated rings. The Labute approximate surface area is 230 Å². The van der Waals surface area contributed by atoms with Gasteiger partial charge >= 0.3 is 12.1 Å². The normalized spacial score (nSPS) is 14.4. The summed E-state index contributed by atoms with van der Waals surface area (Å²) in [4.78, 5) is 62.6. The summed E-state index contributed by atoms with van der Waals surface area (Å²) in [5.41, 5.74) is -0.0501. The molecule has 0 saturated heterocycles. The van der Waals surface area contributed by atoms with Crippen LogP contribution in [0.25, 0.3) is 0 Å². The van der Waals surface area contributed by atoms with Crippen molar-refractivity contribution in [3.63, 3.8) is 0 Å². The van der Waals surface area contributed by atoms with Crippen LogP contribution in [0.4, 0.5) is 4.79 Å². The van der Waals surface area contributed by atoms with Gasteiger partial charge in [0.15, 0.2) is 0 Å². The van der Waals surface area contributed by atoms with Gasteiger partial charge < -0.3 is 31.1 Å². The topological polar surface area (TPSA) is 163 Å². The maximum atomic E-state index is 13.2. The Balaban J connectivity index is 2.84. The average Bonchev–Trinajstić information content (AvgIpc) is 2.83. The molecule has 1 aromatic carbocycles. The van der Waals surface area contributed by atoms with E-state index in [2.05, 4.69) is 21.3 Å². The third kappa shape index (κ3) is 12.6. The fraction of sp³-hybridized carbons (Fsp3) is 0.607. The molecule has 0 bridgehead atoms. The molecule has 0 aromatic heterocycles. The van der Waals surface area contributed by atoms with Crippen LogP contribution in [0.5, 0.6) is 0 Å². The molecule has 1 aromatic rings. The molecule has 0 saturated carbocycles. The number of nitrogens with one attached hydrogen (secondary N) is 4. The average molecular weight is 549 g/mol. The van der Waals surface area contributed by atoms with Crippen LogP contribution in [-0.4, -0.2) is 59.2 Å². The third-order valence-corrected chi connectivity index (χ3v) is 5.93. The summed E-state index contributed by atoms with van der Waals surface area (Å²) in [6.07, 6.45) is 0.161. The Morgan fingerprint density at radius 1 is 0.897 bits per heavy atom. The molecule has 4 amide bonds. The zero-order valence-electron chi connectivity index (χ0n) is 24.0. The number of alkyl carbamates (subject to hydrolysis) is 1. The number of carboxylic acids is 1. The predicted octanol–water partition coefficient (Wildman–Crippen LogP) is 2.59. The maximum Gasteiger partial charge on any atom is 0.408 e. The van der Waals surface area contributed by atoms with E-state index in [4.69, 9.17) is 4.74 Å². The lowest BCUT2D eigenvalue weighted by molar-refractivity contribution is -0.147. The largest absolute Gasteiger partial charge is 0.481 e. The number of carbonyl (C=O) groups is 5. The highest BCUT2D eigenvalue weighted by atomic mass is 16.6. The number of hydrogen-bond acceptors (Lipinski definition) is 6. The first-order valence-corrected chi connectivity index (χ1v) is 13.3. The zero-order valence-corrected chi connectivity index (χ0v) is 24.0. The molecule has 0 radical (unpaired) electrons. The minimum atomic E-state index is -1.33. The van der Waals surface area contributed by atoms with Crippen molar-refractivity contribution in [1.29, 1.82) is 0 Å². The van der Waals surface area contributed by atoms with Gasteiger partial charge in [-0.2, -0.15) is 0 Å². The standard InChI is InChI=1S/C28H44N4O7/c1-8-18(4)22(32-27(38)39-28(5,6)7)25(35)31-21(14-17(2)3)24(34)30-16-29-23(33)20(26(36)37)15-19-12-10-9-11-13-19/h9-13,17-18,20-22H,8,14-16H2,1-7H3,(H,29,33)(H,30,34)(H,31,35)(H,32,38)(H,36,37)/t18-,20?,21-,22-/m0/s1. The fourth-order valence-electron chi connectivity index (χ4n) is 3.71. The van der Waals surface area contributed by atoms with Crippen LogP contribution in [0.1, 0.15) is 66.9 Å². The summed E-state index contributed by atoms with van der Waals surface area (Å²) in [7, 11) is 0. The molecule has 1 rings (SSSR count). The van der Waals surface area contributed by atoms with Gasteiger partial charge in [0.1, 0.15) is 23.6 Å². The quantitative estimate of drug-likeness (QED) is 0.176. The number of benzene rings is 1. The fourth-order valence-corrected chi connectivity index (χ4v) is 3.71. The second-order valence-corrected chi connectivity index (χ2v) is 11.0. The van der Waals surface area contributed by atoms with Crippen LogP contribution in [0.2, 0.25) is 0 Å². The highest BCUT2D eigenvalue weighted by Gasteiger charge is 2.32. The first-order valence-electron chi connectivity index (χ1n) is 13.3. The summed E-state index contributed by atoms with van der Waals surface area (Å²) < 4.78 is 5.29. The summed E-state index contributed by atoms with van der Waals surface area (Å²) in [5, 5.41) is 19.8.